The lowest BCUT2D eigenvalue weighted by Gasteiger charge is -2.27. The molecule has 0 aliphatic carbocycles. The van der Waals surface area contributed by atoms with E-state index in [0.717, 1.165) is 19.5 Å². The fourth-order valence-electron chi connectivity index (χ4n) is 2.55. The minimum atomic E-state index is -0.0512. The molecule has 2 fully saturated rings. The zero-order valence-electron chi connectivity index (χ0n) is 9.39. The molecule has 3 rings (SSSR count). The van der Waals surface area contributed by atoms with E-state index in [4.69, 9.17) is 5.11 Å². The highest BCUT2D eigenvalue weighted by Crippen LogP contribution is 2.24. The lowest BCUT2D eigenvalue weighted by molar-refractivity contribution is 0.199. The summed E-state index contributed by atoms with van der Waals surface area (Å²) in [6, 6.07) is 7.26. The van der Waals surface area contributed by atoms with Gasteiger partial charge in [0.2, 0.25) is 0 Å². The number of likely N-dealkylation sites (tertiary alicyclic amines) is 1. The molecular weight excluding hydrogens is 218 g/mol. The molecule has 0 spiro atoms. The van der Waals surface area contributed by atoms with E-state index in [1.54, 1.807) is 24.3 Å². The third-order valence-corrected chi connectivity index (χ3v) is 3.44. The van der Waals surface area contributed by atoms with Gasteiger partial charge in [0.15, 0.2) is 0 Å². The zero-order valence-corrected chi connectivity index (χ0v) is 9.39. The second-order valence-corrected chi connectivity index (χ2v) is 4.62. The molecule has 2 aliphatic heterocycles. The van der Waals surface area contributed by atoms with Crippen LogP contribution in [-0.2, 0) is 0 Å². The van der Waals surface area contributed by atoms with E-state index in [2.05, 4.69) is 10.6 Å². The Kier molecular flexibility index (Phi) is 2.40. The van der Waals surface area contributed by atoms with Gasteiger partial charge in [-0.2, -0.15) is 0 Å². The number of anilines is 1. The van der Waals surface area contributed by atoms with Gasteiger partial charge in [0.25, 0.3) is 0 Å². The molecule has 2 bridgehead atoms. The molecule has 0 radical (unpaired) electrons. The van der Waals surface area contributed by atoms with Gasteiger partial charge in [-0.05, 0) is 30.7 Å². The zero-order chi connectivity index (χ0) is 11.8. The van der Waals surface area contributed by atoms with Crippen molar-refractivity contribution in [2.75, 3.05) is 18.4 Å². The molecule has 5 nitrogen and oxygen atoms in total. The van der Waals surface area contributed by atoms with Gasteiger partial charge in [0.1, 0.15) is 5.75 Å². The van der Waals surface area contributed by atoms with Crippen molar-refractivity contribution in [3.8, 4) is 5.75 Å². The first-order valence-electron chi connectivity index (χ1n) is 5.82. The van der Waals surface area contributed by atoms with Crippen LogP contribution < -0.4 is 10.6 Å². The molecule has 2 aliphatic rings. The number of phenolic OH excluding ortho intramolecular Hbond substituents is 1. The molecule has 90 valence electrons. The average molecular weight is 233 g/mol. The molecule has 2 heterocycles. The van der Waals surface area contributed by atoms with Gasteiger partial charge < -0.3 is 20.6 Å². The predicted molar refractivity (Wildman–Crippen MR) is 64.0 cm³/mol. The summed E-state index contributed by atoms with van der Waals surface area (Å²) in [6.07, 6.45) is 1.06. The van der Waals surface area contributed by atoms with Gasteiger partial charge in [0.05, 0.1) is 0 Å². The Labute approximate surface area is 99.4 Å². The Morgan fingerprint density at radius 2 is 2.18 bits per heavy atom. The molecular formula is C12H15N3O2. The number of carbonyl (C=O) groups is 1. The maximum atomic E-state index is 12.0. The number of hydrogen-bond donors (Lipinski definition) is 3. The predicted octanol–water partition coefficient (Wildman–Crippen LogP) is 0.970. The normalized spacial score (nSPS) is 26.2. The number of carbonyl (C=O) groups excluding carboxylic acids is 1. The van der Waals surface area contributed by atoms with E-state index >= 15 is 0 Å². The molecule has 2 amide bonds. The number of benzene rings is 1. The van der Waals surface area contributed by atoms with Gasteiger partial charge in [-0.1, -0.05) is 0 Å². The van der Waals surface area contributed by atoms with Crippen LogP contribution in [0.1, 0.15) is 6.42 Å². The molecule has 1 aromatic carbocycles. The highest BCUT2D eigenvalue weighted by Gasteiger charge is 2.40. The van der Waals surface area contributed by atoms with Crippen molar-refractivity contribution < 1.29 is 9.90 Å². The number of piperazine rings is 1. The maximum absolute atomic E-state index is 12.0. The summed E-state index contributed by atoms with van der Waals surface area (Å²) >= 11 is 0. The van der Waals surface area contributed by atoms with Crippen molar-refractivity contribution in [2.45, 2.75) is 18.5 Å². The minimum Gasteiger partial charge on any atom is -0.508 e. The Morgan fingerprint density at radius 3 is 2.76 bits per heavy atom. The quantitative estimate of drug-likeness (QED) is 0.633. The lowest BCUT2D eigenvalue weighted by atomic mass is 10.2. The molecule has 0 saturated carbocycles. The van der Waals surface area contributed by atoms with Crippen LogP contribution in [0.15, 0.2) is 24.3 Å². The maximum Gasteiger partial charge on any atom is 0.322 e. The van der Waals surface area contributed by atoms with Crippen LogP contribution in [-0.4, -0.2) is 41.2 Å². The third kappa shape index (κ3) is 1.93. The first-order chi connectivity index (χ1) is 8.22. The fraction of sp³-hybridized carbons (Fsp3) is 0.417. The van der Waals surface area contributed by atoms with Crippen molar-refractivity contribution >= 4 is 11.7 Å². The summed E-state index contributed by atoms with van der Waals surface area (Å²) < 4.78 is 0. The van der Waals surface area contributed by atoms with Gasteiger partial charge in [-0.15, -0.1) is 0 Å². The second-order valence-electron chi connectivity index (χ2n) is 4.62. The van der Waals surface area contributed by atoms with E-state index in [-0.39, 0.29) is 11.8 Å². The third-order valence-electron chi connectivity index (χ3n) is 3.44. The average Bonchev–Trinajstić information content (AvgIpc) is 2.94. The molecule has 2 saturated heterocycles. The van der Waals surface area contributed by atoms with Crippen LogP contribution in [0.5, 0.6) is 5.75 Å². The fourth-order valence-corrected chi connectivity index (χ4v) is 2.55. The topological polar surface area (TPSA) is 64.6 Å². The van der Waals surface area contributed by atoms with E-state index < -0.39 is 0 Å². The van der Waals surface area contributed by atoms with Gasteiger partial charge in [0, 0.05) is 30.9 Å². The van der Waals surface area contributed by atoms with Gasteiger partial charge in [-0.25, -0.2) is 4.79 Å². The highest BCUT2D eigenvalue weighted by molar-refractivity contribution is 5.90. The number of nitrogens with one attached hydrogen (secondary N) is 2. The summed E-state index contributed by atoms with van der Waals surface area (Å²) in [4.78, 5) is 13.9. The minimum absolute atomic E-state index is 0.0512. The van der Waals surface area contributed by atoms with Gasteiger partial charge >= 0.3 is 6.03 Å². The van der Waals surface area contributed by atoms with E-state index in [0.29, 0.717) is 17.8 Å². The first kappa shape index (κ1) is 10.4. The smallest absolute Gasteiger partial charge is 0.322 e. The number of rotatable bonds is 1. The summed E-state index contributed by atoms with van der Waals surface area (Å²) in [5, 5.41) is 15.4. The van der Waals surface area contributed by atoms with E-state index in [9.17, 15) is 4.79 Å². The molecule has 5 heteroatoms. The number of amides is 2. The van der Waals surface area contributed by atoms with Crippen LogP contribution in [0.3, 0.4) is 0 Å². The van der Waals surface area contributed by atoms with E-state index in [1.165, 1.54) is 0 Å². The summed E-state index contributed by atoms with van der Waals surface area (Å²) in [6.45, 7) is 1.68. The highest BCUT2D eigenvalue weighted by atomic mass is 16.3. The molecule has 3 N–H and O–H groups in total. The van der Waals surface area contributed by atoms with Crippen molar-refractivity contribution in [1.82, 2.24) is 10.2 Å². The van der Waals surface area contributed by atoms with Crippen molar-refractivity contribution in [1.29, 1.82) is 0 Å². The molecule has 0 aromatic heterocycles. The summed E-state index contributed by atoms with van der Waals surface area (Å²) in [5.74, 6) is 0.201. The number of nitrogens with zero attached hydrogens (tertiary/aromatic N) is 1. The lowest BCUT2D eigenvalue weighted by Crippen LogP contribution is -2.48. The monoisotopic (exact) mass is 233 g/mol. The summed E-state index contributed by atoms with van der Waals surface area (Å²) in [5.41, 5.74) is 0.712. The van der Waals surface area contributed by atoms with Crippen molar-refractivity contribution in [3.63, 3.8) is 0 Å². The number of aromatic hydroxyl groups is 1. The largest absolute Gasteiger partial charge is 0.508 e. The van der Waals surface area contributed by atoms with Crippen LogP contribution >= 0.6 is 0 Å². The van der Waals surface area contributed by atoms with Crippen molar-refractivity contribution in [3.05, 3.63) is 24.3 Å². The standard InChI is InChI=1S/C12H15N3O2/c16-11-3-1-8(2-4-11)14-12(17)15-7-9-5-10(15)6-13-9/h1-4,9-10,13,16H,5-7H2,(H,14,17)/t9-,10-/m0/s1. The molecule has 1 aromatic rings. The Bertz CT molecular complexity index is 432. The van der Waals surface area contributed by atoms with Crippen LogP contribution in [0.4, 0.5) is 10.5 Å². The Morgan fingerprint density at radius 1 is 1.41 bits per heavy atom. The Balaban J connectivity index is 1.65. The first-order valence-corrected chi connectivity index (χ1v) is 5.82. The molecule has 2 atom stereocenters. The SMILES string of the molecule is O=C(Nc1ccc(O)cc1)N1C[C@@H]2C[C@H]1CN2. The number of fused-ring (bicyclic) bond motifs is 2. The van der Waals surface area contributed by atoms with Crippen LogP contribution in [0, 0.1) is 0 Å². The van der Waals surface area contributed by atoms with Gasteiger partial charge in [-0.3, -0.25) is 0 Å². The number of urea groups is 1. The number of phenols is 1. The van der Waals surface area contributed by atoms with Crippen LogP contribution in [0.2, 0.25) is 0 Å². The van der Waals surface area contributed by atoms with Crippen LogP contribution in [0.25, 0.3) is 0 Å². The molecule has 17 heavy (non-hydrogen) atoms. The molecule has 0 unspecified atom stereocenters. The van der Waals surface area contributed by atoms with E-state index in [1.807, 2.05) is 4.90 Å². The number of hydrogen-bond acceptors (Lipinski definition) is 3. The Hall–Kier alpha value is -1.75. The second kappa shape index (κ2) is 3.92. The summed E-state index contributed by atoms with van der Waals surface area (Å²) in [7, 11) is 0. The van der Waals surface area contributed by atoms with Crippen molar-refractivity contribution in [2.24, 2.45) is 0 Å².